The third-order valence-electron chi connectivity index (χ3n) is 18.6. The van der Waals surface area contributed by atoms with Crippen LogP contribution < -0.4 is 8.37 Å². The number of sulfonamides is 4. The number of carbonyl (C=O) groups excluding carboxylic acids is 2. The van der Waals surface area contributed by atoms with Gasteiger partial charge in [0.05, 0.1) is 28.3 Å². The van der Waals surface area contributed by atoms with Crippen LogP contribution in [-0.2, 0) is 96.7 Å². The van der Waals surface area contributed by atoms with Crippen LogP contribution >= 0.6 is 10.5 Å². The Morgan fingerprint density at radius 3 is 1.02 bits per heavy atom. The first kappa shape index (κ1) is 115. The van der Waals surface area contributed by atoms with Gasteiger partial charge in [0, 0.05) is 27.8 Å². The van der Waals surface area contributed by atoms with Crippen molar-refractivity contribution in [3.8, 4) is 16.4 Å². The van der Waals surface area contributed by atoms with Gasteiger partial charge in [-0.2, -0.15) is 95.9 Å². The van der Waals surface area contributed by atoms with Crippen LogP contribution in [0.15, 0.2) is 227 Å². The molecule has 0 amide bonds. The predicted octanol–water partition coefficient (Wildman–Crippen LogP) is 22.3. The Labute approximate surface area is 758 Å². The lowest BCUT2D eigenvalue weighted by atomic mass is 9.90. The minimum absolute atomic E-state index is 0.0146. The third-order valence-corrected chi connectivity index (χ3v) is 31.8. The number of hydrogen-bond donors (Lipinski definition) is 2. The molecule has 22 nitrogen and oxygen atoms in total. The molecule has 1 aromatic heterocycles. The molecular formula is C84H94F18N2O20S8. The van der Waals surface area contributed by atoms with E-state index in [2.05, 4.69) is 172 Å². The fourth-order valence-corrected chi connectivity index (χ4v) is 21.0. The van der Waals surface area contributed by atoms with Gasteiger partial charge in [0.15, 0.2) is 69.1 Å². The van der Waals surface area contributed by atoms with Crippen LogP contribution in [0.5, 0.6) is 11.5 Å². The van der Waals surface area contributed by atoms with Gasteiger partial charge in [0.25, 0.3) is 0 Å². The van der Waals surface area contributed by atoms with Crippen LogP contribution in [-0.4, -0.2) is 141 Å². The Kier molecular flexibility index (Phi) is 39.9. The molecule has 2 N–H and O–H groups in total. The predicted molar refractivity (Wildman–Crippen MR) is 463 cm³/mol. The highest BCUT2D eigenvalue weighted by Crippen LogP contribution is 2.56. The van der Waals surface area contributed by atoms with Crippen molar-refractivity contribution in [1.29, 1.82) is 0 Å². The van der Waals surface area contributed by atoms with Crippen LogP contribution in [0.4, 0.5) is 79.0 Å². The quantitative estimate of drug-likeness (QED) is 0.0171. The number of fused-ring (bicyclic) bond motifs is 3. The summed E-state index contributed by atoms with van der Waals surface area (Å²) in [5, 5.41) is -8.63. The van der Waals surface area contributed by atoms with E-state index >= 15 is 0 Å². The summed E-state index contributed by atoms with van der Waals surface area (Å²) in [4.78, 5) is 27.9. The number of nitrogens with zero attached hydrogens (tertiary/aromatic N) is 2. The standard InChI is InChI=1S/C20H17OS.C18H15S.2C14H13F9NO7S3.C10H20O2.C8H16O3/c21-14-13-15-9-11-16(12-10-15)22-19-7-3-1-5-17(19)18-6-2-4-8-20(18)22;1-4-10-16(11-5-1)19(17-12-6-2-7-13-17)18-14-8-3-9-15-18;2*1-3-8(2)9-4-6-10(7-5-9)31-34(29,30)13(19,20)11(15,16)12(17,18)32(25,26)24-33(27,28)14(21,22)23;1-7-10(5,6)8(11)12-9(2,3)4;1-4-6(2)8(10)11-5-7(3)9/h1-12,21H,13-14H2;1-15H;2*4-8H,3H2,1-2H3;7H2,1-6H3;6-7,9H,4-5H2,1-3H3/q2*+1;2*-1;;. The monoisotopic (exact) mass is 2050 g/mol. The SMILES string of the molecule is CCC(C)(C)C(=O)OC(C)(C)C.CCC(C)C(=O)OCC(C)O.CCC(C)c1ccc(OS(=O)(=O)C(F)(F)C(F)(F)C(F)(F)S(=O)(=O)[N-]S(=O)(=O)C(F)(F)F)cc1.CCC(C)c1ccc(OS(=O)(=O)C(F)(F)C(F)(F)C(F)(F)S(=O)(=O)[N-]S(=O)(=O)C(F)(F)F)cc1.OCCc1ccc(-[s+]2c3ccccc3c3ccccc32)cc1.c1ccc([S+](c2ccccc2)c2ccccc2)cc1. The molecule has 0 aliphatic carbocycles. The summed E-state index contributed by atoms with van der Waals surface area (Å²) in [6.07, 6.45) is 2.85. The van der Waals surface area contributed by atoms with E-state index in [1.807, 2.05) is 55.4 Å². The lowest BCUT2D eigenvalue weighted by Crippen LogP contribution is -2.61. The van der Waals surface area contributed by atoms with Crippen molar-refractivity contribution in [2.24, 2.45) is 11.3 Å². The Morgan fingerprint density at radius 1 is 0.417 bits per heavy atom. The van der Waals surface area contributed by atoms with Gasteiger partial charge in [0.2, 0.25) is 0 Å². The Morgan fingerprint density at radius 2 is 0.735 bits per heavy atom. The van der Waals surface area contributed by atoms with E-state index in [-0.39, 0.29) is 75.3 Å². The molecule has 4 atom stereocenters. The highest BCUT2D eigenvalue weighted by molar-refractivity contribution is 8.13. The van der Waals surface area contributed by atoms with Crippen LogP contribution in [0, 0.1) is 11.3 Å². The summed E-state index contributed by atoms with van der Waals surface area (Å²) >= 11 is 0. The molecule has 0 fully saturated rings. The van der Waals surface area contributed by atoms with Gasteiger partial charge >= 0.3 is 76.1 Å². The van der Waals surface area contributed by atoms with Crippen molar-refractivity contribution < 1.29 is 167 Å². The van der Waals surface area contributed by atoms with E-state index in [1.165, 1.54) is 45.3 Å². The fourth-order valence-electron chi connectivity index (χ4n) is 10.1. The molecule has 9 aromatic rings. The molecule has 48 heteroatoms. The van der Waals surface area contributed by atoms with Crippen LogP contribution in [0.25, 0.3) is 33.3 Å². The molecule has 734 valence electrons. The van der Waals surface area contributed by atoms with Crippen molar-refractivity contribution in [3.05, 3.63) is 237 Å². The zero-order valence-electron chi connectivity index (χ0n) is 72.2. The van der Waals surface area contributed by atoms with Crippen molar-refractivity contribution in [3.63, 3.8) is 0 Å². The summed E-state index contributed by atoms with van der Waals surface area (Å²) < 4.78 is 395. The highest BCUT2D eigenvalue weighted by Gasteiger charge is 2.83. The van der Waals surface area contributed by atoms with Crippen molar-refractivity contribution in [2.45, 2.75) is 204 Å². The number of halogens is 18. The van der Waals surface area contributed by atoms with Gasteiger partial charge in [-0.1, -0.05) is 164 Å². The first-order valence-electron chi connectivity index (χ1n) is 38.9. The number of ether oxygens (including phenoxy) is 2. The maximum absolute atomic E-state index is 14.0. The molecule has 4 unspecified atom stereocenters. The highest BCUT2D eigenvalue weighted by atomic mass is 32.3. The summed E-state index contributed by atoms with van der Waals surface area (Å²) in [5.74, 6) is -18.0. The van der Waals surface area contributed by atoms with E-state index in [0.29, 0.717) is 56.5 Å². The van der Waals surface area contributed by atoms with E-state index < -0.39 is 122 Å². The molecule has 0 saturated heterocycles. The first-order chi connectivity index (χ1) is 60.3. The van der Waals surface area contributed by atoms with Gasteiger partial charge in [-0.3, -0.25) is 9.59 Å². The van der Waals surface area contributed by atoms with E-state index in [0.717, 1.165) is 43.5 Å². The third kappa shape index (κ3) is 28.6. The van der Waals surface area contributed by atoms with E-state index in [9.17, 15) is 139 Å². The lowest BCUT2D eigenvalue weighted by Gasteiger charge is -2.35. The molecule has 0 saturated carbocycles. The topological polar surface area (TPSA) is 345 Å². The van der Waals surface area contributed by atoms with Gasteiger partial charge in [0.1, 0.15) is 23.7 Å². The molecule has 1 heterocycles. The molecule has 0 aliphatic rings. The Balaban J connectivity index is 0.000000346. The van der Waals surface area contributed by atoms with Gasteiger partial charge in [-0.25, -0.2) is 33.7 Å². The Bertz CT molecular complexity index is 5670. The van der Waals surface area contributed by atoms with Crippen LogP contribution in [0.3, 0.4) is 0 Å². The van der Waals surface area contributed by atoms with E-state index in [1.54, 1.807) is 34.6 Å². The smallest absolute Gasteiger partial charge is 0.463 e. The minimum Gasteiger partial charge on any atom is -0.463 e. The molecular weight excluding hydrogens is 1960 g/mol. The molecule has 9 rings (SSSR count). The van der Waals surface area contributed by atoms with Crippen molar-refractivity contribution in [2.75, 3.05) is 13.2 Å². The maximum atomic E-state index is 14.0. The fraction of sp³-hybridized carbons (Fsp3) is 0.405. The van der Waals surface area contributed by atoms with Crippen molar-refractivity contribution in [1.82, 2.24) is 0 Å². The molecule has 0 aliphatic heterocycles. The summed E-state index contributed by atoms with van der Waals surface area (Å²) in [6.45, 7) is 23.9. The number of hydrogen-bond acceptors (Lipinski definition) is 20. The lowest BCUT2D eigenvalue weighted by molar-refractivity contribution is -0.245. The largest absolute Gasteiger partial charge is 0.480 e. The van der Waals surface area contributed by atoms with Crippen molar-refractivity contribution >= 4 is 114 Å². The number of aliphatic hydroxyl groups excluding tert-OH is 2. The minimum atomic E-state index is -7.96. The normalized spacial score (nSPS) is 14.0. The molecule has 0 spiro atoms. The van der Waals surface area contributed by atoms with Gasteiger partial charge < -0.3 is 36.3 Å². The second-order valence-electron chi connectivity index (χ2n) is 30.2. The number of rotatable bonds is 32. The average molecular weight is 2050 g/mol. The number of carbonyl (C=O) groups is 2. The maximum Gasteiger partial charge on any atom is 0.480 e. The summed E-state index contributed by atoms with van der Waals surface area (Å²) in [5.41, 5.74) is -12.0. The molecule has 0 radical (unpaired) electrons. The molecule has 0 bridgehead atoms. The zero-order valence-corrected chi connectivity index (χ0v) is 78.7. The second kappa shape index (κ2) is 45.7. The number of alkyl halides is 18. The second-order valence-corrected chi connectivity index (χ2v) is 44.3. The average Bonchev–Trinajstić information content (AvgIpc) is 0.989. The van der Waals surface area contributed by atoms with E-state index in [4.69, 9.17) is 19.7 Å². The van der Waals surface area contributed by atoms with Gasteiger partial charge in [-0.05, 0) is 199 Å². The molecule has 8 aromatic carbocycles. The van der Waals surface area contributed by atoms with Crippen LogP contribution in [0.1, 0.15) is 144 Å². The molecule has 132 heavy (non-hydrogen) atoms. The summed E-state index contributed by atoms with van der Waals surface area (Å²) in [6, 6.07) is 65.4. The van der Waals surface area contributed by atoms with Gasteiger partial charge in [-0.15, -0.1) is 0 Å². The Hall–Kier alpha value is -8.85. The number of esters is 2. The first-order valence-corrected chi connectivity index (χ1v) is 49.9. The zero-order chi connectivity index (χ0) is 101. The number of benzene rings is 8. The number of thiophene rings is 1. The van der Waals surface area contributed by atoms with Crippen LogP contribution in [0.2, 0.25) is 0 Å². The number of aliphatic hydroxyl groups is 2. The summed E-state index contributed by atoms with van der Waals surface area (Å²) in [7, 11) is -45.2.